The van der Waals surface area contributed by atoms with Crippen molar-refractivity contribution in [2.24, 2.45) is 0 Å². The van der Waals surface area contributed by atoms with Gasteiger partial charge in [-0.25, -0.2) is 4.98 Å². The number of hydrogen-bond donors (Lipinski definition) is 1. The topological polar surface area (TPSA) is 77.3 Å². The first-order valence-corrected chi connectivity index (χ1v) is 7.92. The molecular weight excluding hydrogens is 314 g/mol. The van der Waals surface area contributed by atoms with E-state index >= 15 is 0 Å². The third-order valence-corrected chi connectivity index (χ3v) is 4.29. The molecule has 0 aliphatic rings. The highest BCUT2D eigenvalue weighted by Crippen LogP contribution is 2.29. The van der Waals surface area contributed by atoms with Crippen LogP contribution >= 0.6 is 11.3 Å². The molecule has 3 rings (SSSR count). The first-order chi connectivity index (χ1) is 11.1. The van der Waals surface area contributed by atoms with Crippen LogP contribution in [0.5, 0.6) is 5.75 Å². The molecule has 0 atom stereocenters. The Morgan fingerprint density at radius 2 is 2.13 bits per heavy atom. The molecule has 1 aromatic heterocycles. The Bertz CT molecular complexity index is 847. The van der Waals surface area contributed by atoms with Crippen LogP contribution in [0.2, 0.25) is 0 Å². The van der Waals surface area contributed by atoms with Crippen molar-refractivity contribution in [3.63, 3.8) is 0 Å². The number of nitrogens with zero attached hydrogens (tertiary/aromatic N) is 2. The number of hydrogen-bond acceptors (Lipinski definition) is 6. The van der Waals surface area contributed by atoms with Crippen LogP contribution in [-0.4, -0.2) is 23.1 Å². The molecule has 118 valence electrons. The second-order valence-corrected chi connectivity index (χ2v) is 6.00. The Morgan fingerprint density at radius 1 is 1.30 bits per heavy atom. The van der Waals surface area contributed by atoms with Crippen molar-refractivity contribution in [2.45, 2.75) is 6.92 Å². The Hall–Kier alpha value is -2.67. The lowest BCUT2D eigenvalue weighted by Gasteiger charge is -2.08. The van der Waals surface area contributed by atoms with E-state index < -0.39 is 4.92 Å². The highest BCUT2D eigenvalue weighted by molar-refractivity contribution is 7.22. The minimum absolute atomic E-state index is 0.0792. The molecule has 0 spiro atoms. The summed E-state index contributed by atoms with van der Waals surface area (Å²) in [5.74, 6) is 0.870. The van der Waals surface area contributed by atoms with Gasteiger partial charge in [-0.2, -0.15) is 0 Å². The van der Waals surface area contributed by atoms with Crippen molar-refractivity contribution in [2.75, 3.05) is 18.5 Å². The number of ether oxygens (including phenoxy) is 1. The van der Waals surface area contributed by atoms with Crippen LogP contribution in [-0.2, 0) is 0 Å². The lowest BCUT2D eigenvalue weighted by atomic mass is 10.2. The van der Waals surface area contributed by atoms with Gasteiger partial charge in [0.1, 0.15) is 12.4 Å². The third kappa shape index (κ3) is 3.57. The van der Waals surface area contributed by atoms with E-state index in [1.807, 2.05) is 31.2 Å². The number of nitro groups is 1. The van der Waals surface area contributed by atoms with E-state index in [9.17, 15) is 10.1 Å². The number of anilines is 1. The Labute approximate surface area is 136 Å². The molecule has 0 aliphatic heterocycles. The van der Waals surface area contributed by atoms with E-state index in [-0.39, 0.29) is 5.69 Å². The molecule has 0 radical (unpaired) electrons. The standard InChI is InChI=1S/C16H15N3O3S/c1-11-4-2-3-5-14(11)22-9-8-17-16-18-13-7-6-12(19(20)21)10-15(13)23-16/h2-7,10H,8-9H2,1H3,(H,17,18). The number of para-hydroxylation sites is 1. The summed E-state index contributed by atoms with van der Waals surface area (Å²) in [6.45, 7) is 3.13. The van der Waals surface area contributed by atoms with Crippen LogP contribution < -0.4 is 10.1 Å². The van der Waals surface area contributed by atoms with Gasteiger partial charge >= 0.3 is 0 Å². The van der Waals surface area contributed by atoms with Crippen molar-refractivity contribution in [1.29, 1.82) is 0 Å². The van der Waals surface area contributed by atoms with Crippen molar-refractivity contribution in [3.05, 3.63) is 58.1 Å². The third-order valence-electron chi connectivity index (χ3n) is 3.31. The van der Waals surface area contributed by atoms with Crippen LogP contribution in [0.25, 0.3) is 10.2 Å². The summed E-state index contributed by atoms with van der Waals surface area (Å²) in [5, 5.41) is 14.7. The van der Waals surface area contributed by atoms with Crippen LogP contribution in [0.15, 0.2) is 42.5 Å². The van der Waals surface area contributed by atoms with Crippen molar-refractivity contribution in [1.82, 2.24) is 4.98 Å². The van der Waals surface area contributed by atoms with Gasteiger partial charge in [0, 0.05) is 12.1 Å². The molecule has 0 fully saturated rings. The summed E-state index contributed by atoms with van der Waals surface area (Å²) in [4.78, 5) is 14.8. The van der Waals surface area contributed by atoms with Gasteiger partial charge in [0.25, 0.3) is 5.69 Å². The minimum atomic E-state index is -0.401. The molecule has 6 nitrogen and oxygen atoms in total. The maximum atomic E-state index is 10.8. The Balaban J connectivity index is 1.59. The lowest BCUT2D eigenvalue weighted by molar-refractivity contribution is -0.384. The van der Waals surface area contributed by atoms with Gasteiger partial charge in [0.2, 0.25) is 0 Å². The number of rotatable bonds is 6. The van der Waals surface area contributed by atoms with Gasteiger partial charge in [-0.05, 0) is 24.6 Å². The molecular formula is C16H15N3O3S. The van der Waals surface area contributed by atoms with Crippen molar-refractivity contribution < 1.29 is 9.66 Å². The molecule has 0 saturated carbocycles. The number of fused-ring (bicyclic) bond motifs is 1. The predicted octanol–water partition coefficient (Wildman–Crippen LogP) is 4.00. The normalized spacial score (nSPS) is 10.7. The van der Waals surface area contributed by atoms with E-state index in [2.05, 4.69) is 10.3 Å². The van der Waals surface area contributed by atoms with E-state index in [4.69, 9.17) is 4.74 Å². The molecule has 1 heterocycles. The Kier molecular flexibility index (Phi) is 4.38. The van der Waals surface area contributed by atoms with Crippen LogP contribution in [0.3, 0.4) is 0 Å². The molecule has 0 bridgehead atoms. The molecule has 0 saturated heterocycles. The number of nitrogens with one attached hydrogen (secondary N) is 1. The first kappa shape index (κ1) is 15.2. The molecule has 23 heavy (non-hydrogen) atoms. The second-order valence-electron chi connectivity index (χ2n) is 4.97. The smallest absolute Gasteiger partial charge is 0.270 e. The van der Waals surface area contributed by atoms with Crippen molar-refractivity contribution in [3.8, 4) is 5.75 Å². The number of non-ortho nitro benzene ring substituents is 1. The molecule has 0 aliphatic carbocycles. The van der Waals surface area contributed by atoms with Gasteiger partial charge in [0.05, 0.1) is 21.7 Å². The number of aromatic nitrogens is 1. The quantitative estimate of drug-likeness (QED) is 0.420. The highest BCUT2D eigenvalue weighted by Gasteiger charge is 2.10. The highest BCUT2D eigenvalue weighted by atomic mass is 32.1. The van der Waals surface area contributed by atoms with Gasteiger partial charge < -0.3 is 10.1 Å². The number of aryl methyl sites for hydroxylation is 1. The average molecular weight is 329 g/mol. The summed E-state index contributed by atoms with van der Waals surface area (Å²) in [6, 6.07) is 12.5. The molecule has 0 unspecified atom stereocenters. The van der Waals surface area contributed by atoms with E-state index in [0.29, 0.717) is 13.2 Å². The molecule has 1 N–H and O–H groups in total. The lowest BCUT2D eigenvalue weighted by Crippen LogP contribution is -2.11. The summed E-state index contributed by atoms with van der Waals surface area (Å²) in [5.41, 5.74) is 1.93. The van der Waals surface area contributed by atoms with E-state index in [0.717, 1.165) is 26.7 Å². The SMILES string of the molecule is Cc1ccccc1OCCNc1nc2ccc([N+](=O)[O-])cc2s1. The number of thiazole rings is 1. The van der Waals surface area contributed by atoms with Crippen LogP contribution in [0.1, 0.15) is 5.56 Å². The van der Waals surface area contributed by atoms with E-state index in [1.54, 1.807) is 12.1 Å². The molecule has 7 heteroatoms. The molecule has 3 aromatic rings. The maximum absolute atomic E-state index is 10.8. The number of nitro benzene ring substituents is 1. The zero-order valence-electron chi connectivity index (χ0n) is 12.5. The van der Waals surface area contributed by atoms with Gasteiger partial charge in [-0.15, -0.1) is 0 Å². The first-order valence-electron chi connectivity index (χ1n) is 7.11. The average Bonchev–Trinajstić information content (AvgIpc) is 2.94. The predicted molar refractivity (Wildman–Crippen MR) is 91.4 cm³/mol. The minimum Gasteiger partial charge on any atom is -0.491 e. The van der Waals surface area contributed by atoms with Crippen LogP contribution in [0, 0.1) is 17.0 Å². The largest absolute Gasteiger partial charge is 0.491 e. The fourth-order valence-corrected chi connectivity index (χ4v) is 3.06. The molecule has 2 aromatic carbocycles. The Morgan fingerprint density at radius 3 is 2.91 bits per heavy atom. The number of benzene rings is 2. The van der Waals surface area contributed by atoms with Gasteiger partial charge in [-0.3, -0.25) is 10.1 Å². The zero-order valence-corrected chi connectivity index (χ0v) is 13.3. The van der Waals surface area contributed by atoms with E-state index in [1.165, 1.54) is 17.4 Å². The second kappa shape index (κ2) is 6.62. The fraction of sp³-hybridized carbons (Fsp3) is 0.188. The fourth-order valence-electron chi connectivity index (χ4n) is 2.14. The maximum Gasteiger partial charge on any atom is 0.270 e. The summed E-state index contributed by atoms with van der Waals surface area (Å²) >= 11 is 1.40. The van der Waals surface area contributed by atoms with Gasteiger partial charge in [-0.1, -0.05) is 29.5 Å². The summed E-state index contributed by atoms with van der Waals surface area (Å²) < 4.78 is 6.50. The zero-order chi connectivity index (χ0) is 16.2. The van der Waals surface area contributed by atoms with Crippen LogP contribution in [0.4, 0.5) is 10.8 Å². The van der Waals surface area contributed by atoms with Crippen molar-refractivity contribution >= 4 is 32.4 Å². The molecule has 0 amide bonds. The summed E-state index contributed by atoms with van der Waals surface area (Å²) in [7, 11) is 0. The summed E-state index contributed by atoms with van der Waals surface area (Å²) in [6.07, 6.45) is 0. The monoisotopic (exact) mass is 329 g/mol. The van der Waals surface area contributed by atoms with Gasteiger partial charge in [0.15, 0.2) is 5.13 Å².